The van der Waals surface area contributed by atoms with Gasteiger partial charge in [0.2, 0.25) is 0 Å². The minimum absolute atomic E-state index is 0.222. The molecule has 1 saturated heterocycles. The van der Waals surface area contributed by atoms with Gasteiger partial charge in [-0.05, 0) is 25.9 Å². The first-order chi connectivity index (χ1) is 8.28. The fourth-order valence-electron chi connectivity index (χ4n) is 2.03. The van der Waals surface area contributed by atoms with E-state index in [0.29, 0.717) is 0 Å². The number of carbonyl (C=O) groups is 1. The number of hydrogen-bond acceptors (Lipinski definition) is 5. The second-order valence-electron chi connectivity index (χ2n) is 4.32. The van der Waals surface area contributed by atoms with Crippen molar-refractivity contribution in [3.05, 3.63) is 16.1 Å². The minimum atomic E-state index is -0.222. The van der Waals surface area contributed by atoms with Gasteiger partial charge in [-0.25, -0.2) is 4.98 Å². The van der Waals surface area contributed by atoms with Crippen LogP contribution in [0.1, 0.15) is 30.0 Å². The summed E-state index contributed by atoms with van der Waals surface area (Å²) in [5, 5.41) is 3.06. The summed E-state index contributed by atoms with van der Waals surface area (Å²) in [4.78, 5) is 18.0. The average Bonchev–Trinajstić information content (AvgIpc) is 2.77. The lowest BCUT2D eigenvalue weighted by Gasteiger charge is -2.25. The minimum Gasteiger partial charge on any atom is -0.469 e. The van der Waals surface area contributed by atoms with Crippen LogP contribution in [0.4, 0.5) is 0 Å². The van der Waals surface area contributed by atoms with Gasteiger partial charge in [-0.2, -0.15) is 0 Å². The topological polar surface area (TPSA) is 42.4 Å². The molecule has 0 bridgehead atoms. The molecular weight excluding hydrogens is 236 g/mol. The maximum absolute atomic E-state index is 11.1. The lowest BCUT2D eigenvalue weighted by Crippen LogP contribution is -2.29. The monoisotopic (exact) mass is 254 g/mol. The summed E-state index contributed by atoms with van der Waals surface area (Å²) < 4.78 is 4.63. The van der Waals surface area contributed by atoms with Crippen LogP contribution < -0.4 is 0 Å². The summed E-state index contributed by atoms with van der Waals surface area (Å²) in [5.74, 6) is -0.222. The first-order valence-corrected chi connectivity index (χ1v) is 6.88. The lowest BCUT2D eigenvalue weighted by atomic mass is 10.1. The second kappa shape index (κ2) is 6.12. The lowest BCUT2D eigenvalue weighted by molar-refractivity contribution is -0.139. The van der Waals surface area contributed by atoms with Crippen LogP contribution in [0.2, 0.25) is 0 Å². The number of likely N-dealkylation sites (tertiary alicyclic amines) is 1. The van der Waals surface area contributed by atoms with E-state index < -0.39 is 0 Å². The molecule has 0 N–H and O–H groups in total. The molecule has 2 heterocycles. The Hall–Kier alpha value is -0.940. The van der Waals surface area contributed by atoms with Gasteiger partial charge in [0.05, 0.1) is 25.8 Å². The molecule has 0 amide bonds. The van der Waals surface area contributed by atoms with Crippen LogP contribution in [-0.2, 0) is 22.5 Å². The number of carbonyl (C=O) groups excluding carboxylic acids is 1. The molecule has 1 aromatic rings. The Morgan fingerprint density at radius 2 is 2.24 bits per heavy atom. The number of nitrogens with zero attached hydrogens (tertiary/aromatic N) is 2. The van der Waals surface area contributed by atoms with Crippen LogP contribution in [0.25, 0.3) is 0 Å². The summed E-state index contributed by atoms with van der Waals surface area (Å²) in [6, 6.07) is 0. The van der Waals surface area contributed by atoms with E-state index >= 15 is 0 Å². The van der Waals surface area contributed by atoms with Gasteiger partial charge in [-0.3, -0.25) is 9.69 Å². The Morgan fingerprint density at radius 3 is 2.94 bits per heavy atom. The van der Waals surface area contributed by atoms with Crippen molar-refractivity contribution in [2.75, 3.05) is 20.2 Å². The smallest absolute Gasteiger partial charge is 0.311 e. The van der Waals surface area contributed by atoms with Crippen molar-refractivity contribution in [2.24, 2.45) is 0 Å². The van der Waals surface area contributed by atoms with Crippen LogP contribution in [-0.4, -0.2) is 36.1 Å². The molecule has 4 nitrogen and oxygen atoms in total. The van der Waals surface area contributed by atoms with Crippen LogP contribution in [0, 0.1) is 0 Å². The SMILES string of the molecule is COC(=O)Cc1csc(CN2CCCCC2)n1. The molecule has 5 heteroatoms. The number of hydrogen-bond donors (Lipinski definition) is 0. The molecule has 2 rings (SSSR count). The molecule has 0 aromatic carbocycles. The van der Waals surface area contributed by atoms with Crippen molar-refractivity contribution in [3.8, 4) is 0 Å². The first kappa shape index (κ1) is 12.5. The molecule has 1 aliphatic rings. The number of thiazole rings is 1. The Labute approximate surface area is 106 Å². The van der Waals surface area contributed by atoms with Gasteiger partial charge in [0, 0.05) is 5.38 Å². The summed E-state index contributed by atoms with van der Waals surface area (Å²) in [7, 11) is 1.41. The Bertz CT molecular complexity index is 372. The highest BCUT2D eigenvalue weighted by molar-refractivity contribution is 7.09. The van der Waals surface area contributed by atoms with Crippen LogP contribution in [0.15, 0.2) is 5.38 Å². The fourth-order valence-corrected chi connectivity index (χ4v) is 2.87. The van der Waals surface area contributed by atoms with Crippen molar-refractivity contribution >= 4 is 17.3 Å². The predicted octanol–water partition coefficient (Wildman–Crippen LogP) is 1.84. The van der Waals surface area contributed by atoms with Crippen LogP contribution in [0.3, 0.4) is 0 Å². The van der Waals surface area contributed by atoms with Gasteiger partial charge in [-0.1, -0.05) is 6.42 Å². The van der Waals surface area contributed by atoms with E-state index in [-0.39, 0.29) is 12.4 Å². The zero-order valence-corrected chi connectivity index (χ0v) is 11.0. The third-order valence-corrected chi connectivity index (χ3v) is 3.84. The number of piperidine rings is 1. The third kappa shape index (κ3) is 3.78. The number of aromatic nitrogens is 1. The molecule has 1 aliphatic heterocycles. The van der Waals surface area contributed by atoms with Crippen molar-refractivity contribution in [3.63, 3.8) is 0 Å². The molecule has 0 atom stereocenters. The second-order valence-corrected chi connectivity index (χ2v) is 5.26. The van der Waals surface area contributed by atoms with E-state index in [4.69, 9.17) is 0 Å². The molecule has 0 unspecified atom stereocenters. The Kier molecular flexibility index (Phi) is 4.50. The normalized spacial score (nSPS) is 17.0. The highest BCUT2D eigenvalue weighted by atomic mass is 32.1. The quantitative estimate of drug-likeness (QED) is 0.769. The van der Waals surface area contributed by atoms with Gasteiger partial charge in [0.25, 0.3) is 0 Å². The van der Waals surface area contributed by atoms with E-state index in [2.05, 4.69) is 14.6 Å². The van der Waals surface area contributed by atoms with Gasteiger partial charge in [-0.15, -0.1) is 11.3 Å². The highest BCUT2D eigenvalue weighted by Gasteiger charge is 2.13. The summed E-state index contributed by atoms with van der Waals surface area (Å²) >= 11 is 1.64. The number of rotatable bonds is 4. The van der Waals surface area contributed by atoms with Gasteiger partial charge in [0.15, 0.2) is 0 Å². The third-order valence-electron chi connectivity index (χ3n) is 2.96. The van der Waals surface area contributed by atoms with Gasteiger partial charge in [0.1, 0.15) is 5.01 Å². The van der Waals surface area contributed by atoms with Crippen molar-refractivity contribution in [2.45, 2.75) is 32.2 Å². The predicted molar refractivity (Wildman–Crippen MR) is 67.0 cm³/mol. The summed E-state index contributed by atoms with van der Waals surface area (Å²) in [6.07, 6.45) is 4.22. The first-order valence-electron chi connectivity index (χ1n) is 6.00. The van der Waals surface area contributed by atoms with E-state index in [0.717, 1.165) is 17.2 Å². The maximum atomic E-state index is 11.1. The molecule has 0 radical (unpaired) electrons. The zero-order chi connectivity index (χ0) is 12.1. The van der Waals surface area contributed by atoms with Crippen LogP contribution in [0.5, 0.6) is 0 Å². The van der Waals surface area contributed by atoms with Crippen molar-refractivity contribution < 1.29 is 9.53 Å². The zero-order valence-electron chi connectivity index (χ0n) is 10.1. The Morgan fingerprint density at radius 1 is 1.47 bits per heavy atom. The van der Waals surface area contributed by atoms with E-state index in [1.807, 2.05) is 5.38 Å². The largest absolute Gasteiger partial charge is 0.469 e. The molecule has 0 saturated carbocycles. The molecule has 1 fully saturated rings. The molecule has 17 heavy (non-hydrogen) atoms. The van der Waals surface area contributed by atoms with Gasteiger partial charge < -0.3 is 4.74 Å². The number of ether oxygens (including phenoxy) is 1. The van der Waals surface area contributed by atoms with Gasteiger partial charge >= 0.3 is 5.97 Å². The molecule has 94 valence electrons. The standard InChI is InChI=1S/C12H18N2O2S/c1-16-12(15)7-10-9-17-11(13-10)8-14-5-3-2-4-6-14/h9H,2-8H2,1H3. The van der Waals surface area contributed by atoms with E-state index in [9.17, 15) is 4.79 Å². The maximum Gasteiger partial charge on any atom is 0.311 e. The summed E-state index contributed by atoms with van der Waals surface area (Å²) in [6.45, 7) is 3.27. The average molecular weight is 254 g/mol. The fraction of sp³-hybridized carbons (Fsp3) is 0.667. The molecule has 1 aromatic heterocycles. The number of methoxy groups -OCH3 is 1. The van der Waals surface area contributed by atoms with E-state index in [1.165, 1.54) is 39.5 Å². The number of esters is 1. The van der Waals surface area contributed by atoms with Crippen LogP contribution >= 0.6 is 11.3 Å². The highest BCUT2D eigenvalue weighted by Crippen LogP contribution is 2.16. The Balaban J connectivity index is 1.86. The molecule has 0 aliphatic carbocycles. The molecule has 0 spiro atoms. The van der Waals surface area contributed by atoms with E-state index in [1.54, 1.807) is 11.3 Å². The molecular formula is C12H18N2O2S. The van der Waals surface area contributed by atoms with Crippen molar-refractivity contribution in [1.82, 2.24) is 9.88 Å². The van der Waals surface area contributed by atoms with Crippen molar-refractivity contribution in [1.29, 1.82) is 0 Å². The summed E-state index contributed by atoms with van der Waals surface area (Å²) in [5.41, 5.74) is 0.828.